The van der Waals surface area contributed by atoms with E-state index in [2.05, 4.69) is 45.7 Å². The van der Waals surface area contributed by atoms with Crippen LogP contribution in [0.25, 0.3) is 0 Å². The van der Waals surface area contributed by atoms with E-state index in [-0.39, 0.29) is 5.91 Å². The van der Waals surface area contributed by atoms with Crippen molar-refractivity contribution in [1.29, 1.82) is 0 Å². The zero-order valence-corrected chi connectivity index (χ0v) is 14.8. The summed E-state index contributed by atoms with van der Waals surface area (Å²) in [6.07, 6.45) is 4.34. The number of hydrogen-bond acceptors (Lipinski definition) is 1. The maximum absolute atomic E-state index is 12.5. The highest BCUT2D eigenvalue weighted by molar-refractivity contribution is 9.11. The fourth-order valence-corrected chi connectivity index (χ4v) is 3.17. The van der Waals surface area contributed by atoms with Crippen molar-refractivity contribution in [2.75, 3.05) is 13.1 Å². The maximum Gasteiger partial charge on any atom is 0.253 e. The average Bonchev–Trinajstić information content (AvgIpc) is 2.37. The van der Waals surface area contributed by atoms with Gasteiger partial charge in [-0.2, -0.15) is 0 Å². The summed E-state index contributed by atoms with van der Waals surface area (Å²) in [5.41, 5.74) is 0.744. The van der Waals surface area contributed by atoms with E-state index in [1.165, 1.54) is 0 Å². The molecule has 0 aliphatic carbocycles. The molecule has 0 heterocycles. The summed E-state index contributed by atoms with van der Waals surface area (Å²) in [7, 11) is 0. The second kappa shape index (κ2) is 8.75. The Labute approximate surface area is 132 Å². The van der Waals surface area contributed by atoms with Crippen molar-refractivity contribution in [3.05, 3.63) is 32.7 Å². The molecule has 0 unspecified atom stereocenters. The van der Waals surface area contributed by atoms with E-state index in [4.69, 9.17) is 0 Å². The molecule has 0 aromatic heterocycles. The Morgan fingerprint density at radius 2 is 1.47 bits per heavy atom. The van der Waals surface area contributed by atoms with Crippen molar-refractivity contribution in [2.45, 2.75) is 39.5 Å². The highest BCUT2D eigenvalue weighted by Gasteiger charge is 2.15. The molecular formula is C15H21Br2NO. The Hall–Kier alpha value is -0.350. The van der Waals surface area contributed by atoms with E-state index >= 15 is 0 Å². The van der Waals surface area contributed by atoms with Crippen LogP contribution in [0.15, 0.2) is 27.1 Å². The van der Waals surface area contributed by atoms with Gasteiger partial charge in [0, 0.05) is 27.6 Å². The maximum atomic E-state index is 12.5. The van der Waals surface area contributed by atoms with Crippen molar-refractivity contribution in [3.8, 4) is 0 Å². The summed E-state index contributed by atoms with van der Waals surface area (Å²) in [6.45, 7) is 6.00. The van der Waals surface area contributed by atoms with Crippen molar-refractivity contribution in [3.63, 3.8) is 0 Å². The van der Waals surface area contributed by atoms with Gasteiger partial charge in [-0.25, -0.2) is 0 Å². The second-order valence-electron chi connectivity index (χ2n) is 4.66. The molecule has 4 heteroatoms. The second-order valence-corrected chi connectivity index (χ2v) is 6.49. The van der Waals surface area contributed by atoms with Gasteiger partial charge in [0.25, 0.3) is 5.91 Å². The molecule has 0 aliphatic heterocycles. The van der Waals surface area contributed by atoms with Crippen molar-refractivity contribution < 1.29 is 4.79 Å². The van der Waals surface area contributed by atoms with Gasteiger partial charge >= 0.3 is 0 Å². The Bertz CT molecular complexity index is 392. The first kappa shape index (κ1) is 16.7. The van der Waals surface area contributed by atoms with Crippen LogP contribution >= 0.6 is 31.9 Å². The third kappa shape index (κ3) is 5.65. The first-order valence-electron chi connectivity index (χ1n) is 6.83. The number of rotatable bonds is 7. The molecule has 0 fully saturated rings. The van der Waals surface area contributed by atoms with Gasteiger partial charge in [0.1, 0.15) is 0 Å². The van der Waals surface area contributed by atoms with Gasteiger partial charge in [-0.15, -0.1) is 0 Å². The van der Waals surface area contributed by atoms with Crippen LogP contribution in [0, 0.1) is 0 Å². The Morgan fingerprint density at radius 3 is 1.89 bits per heavy atom. The van der Waals surface area contributed by atoms with Crippen LogP contribution in [0.4, 0.5) is 0 Å². The van der Waals surface area contributed by atoms with Crippen molar-refractivity contribution in [1.82, 2.24) is 4.90 Å². The molecule has 0 atom stereocenters. The van der Waals surface area contributed by atoms with Gasteiger partial charge in [0.15, 0.2) is 0 Å². The topological polar surface area (TPSA) is 20.3 Å². The van der Waals surface area contributed by atoms with E-state index in [9.17, 15) is 4.79 Å². The minimum Gasteiger partial charge on any atom is -0.339 e. The highest BCUT2D eigenvalue weighted by Crippen LogP contribution is 2.21. The number of halogens is 2. The van der Waals surface area contributed by atoms with E-state index < -0.39 is 0 Å². The SMILES string of the molecule is CCCCN(CCCC)C(=O)c1cc(Br)cc(Br)c1. The summed E-state index contributed by atoms with van der Waals surface area (Å²) in [5, 5.41) is 0. The first-order valence-corrected chi connectivity index (χ1v) is 8.42. The number of carbonyl (C=O) groups excluding carboxylic acids is 1. The predicted molar refractivity (Wildman–Crippen MR) is 87.6 cm³/mol. The number of benzene rings is 1. The molecule has 19 heavy (non-hydrogen) atoms. The molecule has 0 saturated carbocycles. The fourth-order valence-electron chi connectivity index (χ4n) is 1.87. The van der Waals surface area contributed by atoms with E-state index in [0.29, 0.717) is 0 Å². The summed E-state index contributed by atoms with van der Waals surface area (Å²) < 4.78 is 1.85. The molecule has 0 N–H and O–H groups in total. The van der Waals surface area contributed by atoms with Crippen LogP contribution in [0.3, 0.4) is 0 Å². The number of amides is 1. The van der Waals surface area contributed by atoms with Crippen LogP contribution in [0.2, 0.25) is 0 Å². The van der Waals surface area contributed by atoms with E-state index in [0.717, 1.165) is 53.3 Å². The van der Waals surface area contributed by atoms with Gasteiger partial charge in [0.2, 0.25) is 0 Å². The Balaban J connectivity index is 2.84. The molecule has 2 nitrogen and oxygen atoms in total. The quantitative estimate of drug-likeness (QED) is 0.622. The first-order chi connectivity index (χ1) is 9.08. The molecule has 0 spiro atoms. The third-order valence-corrected chi connectivity index (χ3v) is 3.88. The van der Waals surface area contributed by atoms with Gasteiger partial charge < -0.3 is 4.90 Å². The lowest BCUT2D eigenvalue weighted by Crippen LogP contribution is -2.33. The van der Waals surface area contributed by atoms with E-state index in [1.807, 2.05) is 23.1 Å². The zero-order valence-electron chi connectivity index (χ0n) is 11.6. The summed E-state index contributed by atoms with van der Waals surface area (Å²) in [6, 6.07) is 5.72. The lowest BCUT2D eigenvalue weighted by molar-refractivity contribution is 0.0751. The van der Waals surface area contributed by atoms with Crippen molar-refractivity contribution in [2.24, 2.45) is 0 Å². The van der Waals surface area contributed by atoms with Crippen LogP contribution in [0.1, 0.15) is 49.9 Å². The lowest BCUT2D eigenvalue weighted by atomic mass is 10.1. The van der Waals surface area contributed by atoms with Crippen molar-refractivity contribution >= 4 is 37.8 Å². The standard InChI is InChI=1S/C15H21Br2NO/c1-3-5-7-18(8-6-4-2)15(19)12-9-13(16)11-14(17)10-12/h9-11H,3-8H2,1-2H3. The molecule has 0 bridgehead atoms. The number of unbranched alkanes of at least 4 members (excludes halogenated alkanes) is 2. The van der Waals surface area contributed by atoms with Crippen LogP contribution in [-0.4, -0.2) is 23.9 Å². The molecule has 0 radical (unpaired) electrons. The van der Waals surface area contributed by atoms with Gasteiger partial charge in [-0.3, -0.25) is 4.79 Å². The number of hydrogen-bond donors (Lipinski definition) is 0. The molecule has 0 saturated heterocycles. The van der Waals surface area contributed by atoms with E-state index in [1.54, 1.807) is 0 Å². The normalized spacial score (nSPS) is 10.5. The summed E-state index contributed by atoms with van der Waals surface area (Å²) in [5.74, 6) is 0.129. The molecule has 1 aromatic carbocycles. The van der Waals surface area contributed by atoms with Crippen LogP contribution in [-0.2, 0) is 0 Å². The number of nitrogens with zero attached hydrogens (tertiary/aromatic N) is 1. The molecular weight excluding hydrogens is 370 g/mol. The Kier molecular flexibility index (Phi) is 7.69. The monoisotopic (exact) mass is 389 g/mol. The van der Waals surface area contributed by atoms with Gasteiger partial charge in [-0.1, -0.05) is 58.5 Å². The number of carbonyl (C=O) groups is 1. The predicted octanol–water partition coefficient (Wildman–Crippen LogP) is 5.25. The third-order valence-electron chi connectivity index (χ3n) is 2.96. The minimum absolute atomic E-state index is 0.129. The smallest absolute Gasteiger partial charge is 0.253 e. The highest BCUT2D eigenvalue weighted by atomic mass is 79.9. The lowest BCUT2D eigenvalue weighted by Gasteiger charge is -2.22. The fraction of sp³-hybridized carbons (Fsp3) is 0.533. The minimum atomic E-state index is 0.129. The molecule has 0 aliphatic rings. The van der Waals surface area contributed by atoms with Gasteiger partial charge in [0.05, 0.1) is 0 Å². The zero-order chi connectivity index (χ0) is 14.3. The van der Waals surface area contributed by atoms with Gasteiger partial charge in [-0.05, 0) is 31.0 Å². The van der Waals surface area contributed by atoms with Crippen LogP contribution < -0.4 is 0 Å². The average molecular weight is 391 g/mol. The summed E-state index contributed by atoms with van der Waals surface area (Å²) >= 11 is 6.87. The summed E-state index contributed by atoms with van der Waals surface area (Å²) in [4.78, 5) is 14.5. The molecule has 1 aromatic rings. The Morgan fingerprint density at radius 1 is 1.00 bits per heavy atom. The molecule has 1 amide bonds. The largest absolute Gasteiger partial charge is 0.339 e. The molecule has 1 rings (SSSR count). The van der Waals surface area contributed by atoms with Crippen LogP contribution in [0.5, 0.6) is 0 Å². The molecule has 106 valence electrons.